The lowest BCUT2D eigenvalue weighted by atomic mass is 9.83. The van der Waals surface area contributed by atoms with Crippen LogP contribution in [0.3, 0.4) is 0 Å². The van der Waals surface area contributed by atoms with Gasteiger partial charge in [0.05, 0.1) is 59.1 Å². The van der Waals surface area contributed by atoms with Crippen LogP contribution in [0.25, 0.3) is 0 Å². The molecule has 0 atom stereocenters. The van der Waals surface area contributed by atoms with E-state index in [-0.39, 0.29) is 13.2 Å². The number of ether oxygens (including phenoxy) is 4. The summed E-state index contributed by atoms with van der Waals surface area (Å²) in [5, 5.41) is 0. The van der Waals surface area contributed by atoms with Gasteiger partial charge in [-0.1, -0.05) is 19.8 Å². The van der Waals surface area contributed by atoms with Crippen molar-refractivity contribution in [1.29, 1.82) is 0 Å². The molecule has 0 saturated heterocycles. The first-order valence-corrected chi connectivity index (χ1v) is 10.9. The molecule has 7 nitrogen and oxygen atoms in total. The molecule has 1 fully saturated rings. The molecule has 1 rings (SSSR count). The van der Waals surface area contributed by atoms with E-state index in [1.54, 1.807) is 0 Å². The van der Waals surface area contributed by atoms with Crippen LogP contribution in [0.5, 0.6) is 0 Å². The Balaban J connectivity index is 1.73. The van der Waals surface area contributed by atoms with Crippen molar-refractivity contribution in [2.45, 2.75) is 32.6 Å². The van der Waals surface area contributed by atoms with Gasteiger partial charge in [-0.25, -0.2) is 0 Å². The van der Waals surface area contributed by atoms with Crippen molar-refractivity contribution in [3.05, 3.63) is 0 Å². The molecule has 0 radical (unpaired) electrons. The van der Waals surface area contributed by atoms with Crippen molar-refractivity contribution >= 4 is 10.1 Å². The van der Waals surface area contributed by atoms with Gasteiger partial charge < -0.3 is 18.9 Å². The van der Waals surface area contributed by atoms with Crippen molar-refractivity contribution in [1.82, 2.24) is 0 Å². The minimum atomic E-state index is -3.39. The van der Waals surface area contributed by atoms with E-state index < -0.39 is 10.1 Å². The topological polar surface area (TPSA) is 80.3 Å². The molecule has 0 spiro atoms. The summed E-state index contributed by atoms with van der Waals surface area (Å²) in [6.45, 7) is 6.53. The molecule has 0 aliphatic heterocycles. The van der Waals surface area contributed by atoms with E-state index in [4.69, 9.17) is 18.9 Å². The largest absolute Gasteiger partial charge is 0.379 e. The zero-order valence-electron chi connectivity index (χ0n) is 15.6. The summed E-state index contributed by atoms with van der Waals surface area (Å²) in [6, 6.07) is 0. The van der Waals surface area contributed by atoms with E-state index >= 15 is 0 Å². The SMILES string of the molecule is CC1CCC(COCCOCCOCCOCCOS(C)(=O)=O)CC1. The van der Waals surface area contributed by atoms with Crippen molar-refractivity contribution in [2.24, 2.45) is 11.8 Å². The van der Waals surface area contributed by atoms with Crippen molar-refractivity contribution < 1.29 is 31.5 Å². The first kappa shape index (κ1) is 22.8. The van der Waals surface area contributed by atoms with Gasteiger partial charge in [0, 0.05) is 6.61 Å². The van der Waals surface area contributed by atoms with Crippen LogP contribution in [0, 0.1) is 11.8 Å². The second-order valence-corrected chi connectivity index (χ2v) is 8.21. The minimum Gasteiger partial charge on any atom is -0.379 e. The van der Waals surface area contributed by atoms with Gasteiger partial charge in [0.1, 0.15) is 0 Å². The first-order valence-electron chi connectivity index (χ1n) is 9.12. The van der Waals surface area contributed by atoms with Gasteiger partial charge in [-0.15, -0.1) is 0 Å². The Kier molecular flexibility index (Phi) is 12.7. The average Bonchev–Trinajstić information content (AvgIpc) is 2.56. The Bertz CT molecular complexity index is 405. The molecule has 1 aliphatic rings. The molecule has 0 bridgehead atoms. The fraction of sp³-hybridized carbons (Fsp3) is 1.00. The molecule has 0 N–H and O–H groups in total. The molecule has 1 aliphatic carbocycles. The van der Waals surface area contributed by atoms with E-state index in [1.165, 1.54) is 25.7 Å². The predicted octanol–water partition coefficient (Wildman–Crippen LogP) is 1.86. The van der Waals surface area contributed by atoms with Crippen LogP contribution in [-0.2, 0) is 33.2 Å². The fourth-order valence-electron chi connectivity index (χ4n) is 2.65. The van der Waals surface area contributed by atoms with Gasteiger partial charge in [-0.3, -0.25) is 4.18 Å². The maximum Gasteiger partial charge on any atom is 0.264 e. The maximum absolute atomic E-state index is 10.7. The Morgan fingerprint density at radius 1 is 0.720 bits per heavy atom. The summed E-state index contributed by atoms with van der Waals surface area (Å²) in [5.41, 5.74) is 0. The third kappa shape index (κ3) is 14.6. The molecular formula is C17H34O7S. The monoisotopic (exact) mass is 382 g/mol. The molecule has 0 amide bonds. The summed E-state index contributed by atoms with van der Waals surface area (Å²) in [5.74, 6) is 1.60. The summed E-state index contributed by atoms with van der Waals surface area (Å²) in [4.78, 5) is 0. The second kappa shape index (κ2) is 13.9. The summed E-state index contributed by atoms with van der Waals surface area (Å²) in [6.07, 6.45) is 6.25. The zero-order valence-corrected chi connectivity index (χ0v) is 16.4. The van der Waals surface area contributed by atoms with Crippen LogP contribution < -0.4 is 0 Å². The normalized spacial score (nSPS) is 21.5. The number of hydrogen-bond donors (Lipinski definition) is 0. The van der Waals surface area contributed by atoms with Crippen molar-refractivity contribution in [3.8, 4) is 0 Å². The van der Waals surface area contributed by atoms with Crippen LogP contribution in [0.4, 0.5) is 0 Å². The van der Waals surface area contributed by atoms with Gasteiger partial charge >= 0.3 is 0 Å². The van der Waals surface area contributed by atoms with Crippen LogP contribution in [-0.4, -0.2) is 74.1 Å². The van der Waals surface area contributed by atoms with Crippen LogP contribution in [0.2, 0.25) is 0 Å². The summed E-state index contributed by atoms with van der Waals surface area (Å²) < 4.78 is 47.6. The Morgan fingerprint density at radius 2 is 1.16 bits per heavy atom. The number of hydrogen-bond acceptors (Lipinski definition) is 7. The van der Waals surface area contributed by atoms with E-state index in [9.17, 15) is 8.42 Å². The molecule has 0 heterocycles. The molecule has 1 saturated carbocycles. The third-order valence-corrected chi connectivity index (χ3v) is 4.72. The van der Waals surface area contributed by atoms with E-state index in [1.807, 2.05) is 0 Å². The van der Waals surface area contributed by atoms with Gasteiger partial charge in [-0.2, -0.15) is 8.42 Å². The summed E-state index contributed by atoms with van der Waals surface area (Å²) in [7, 11) is -3.39. The average molecular weight is 383 g/mol. The van der Waals surface area contributed by atoms with Gasteiger partial charge in [0.25, 0.3) is 10.1 Å². The third-order valence-electron chi connectivity index (χ3n) is 4.13. The molecule has 25 heavy (non-hydrogen) atoms. The highest BCUT2D eigenvalue weighted by Gasteiger charge is 2.17. The molecule has 0 aromatic rings. The lowest BCUT2D eigenvalue weighted by molar-refractivity contribution is -0.0101. The highest BCUT2D eigenvalue weighted by molar-refractivity contribution is 7.85. The predicted molar refractivity (Wildman–Crippen MR) is 95.2 cm³/mol. The molecule has 0 aromatic heterocycles. The van der Waals surface area contributed by atoms with Gasteiger partial charge in [-0.05, 0) is 24.7 Å². The minimum absolute atomic E-state index is 0.0296. The van der Waals surface area contributed by atoms with E-state index in [0.717, 1.165) is 24.7 Å². The van der Waals surface area contributed by atoms with Crippen LogP contribution >= 0.6 is 0 Å². The van der Waals surface area contributed by atoms with E-state index in [0.29, 0.717) is 39.6 Å². The maximum atomic E-state index is 10.7. The second-order valence-electron chi connectivity index (χ2n) is 6.56. The van der Waals surface area contributed by atoms with Crippen molar-refractivity contribution in [2.75, 3.05) is 65.7 Å². The number of rotatable bonds is 15. The van der Waals surface area contributed by atoms with Gasteiger partial charge in [0.2, 0.25) is 0 Å². The summed E-state index contributed by atoms with van der Waals surface area (Å²) >= 11 is 0. The Labute approximate surface area is 152 Å². The van der Waals surface area contributed by atoms with Crippen LogP contribution in [0.1, 0.15) is 32.6 Å². The molecule has 0 unspecified atom stereocenters. The lowest BCUT2D eigenvalue weighted by Gasteiger charge is -2.25. The quantitative estimate of drug-likeness (QED) is 0.316. The molecule has 150 valence electrons. The fourth-order valence-corrected chi connectivity index (χ4v) is 3.02. The van der Waals surface area contributed by atoms with Crippen molar-refractivity contribution in [3.63, 3.8) is 0 Å². The lowest BCUT2D eigenvalue weighted by Crippen LogP contribution is -2.19. The molecular weight excluding hydrogens is 348 g/mol. The highest BCUT2D eigenvalue weighted by Crippen LogP contribution is 2.28. The van der Waals surface area contributed by atoms with Crippen LogP contribution in [0.15, 0.2) is 0 Å². The smallest absolute Gasteiger partial charge is 0.264 e. The van der Waals surface area contributed by atoms with Gasteiger partial charge in [0.15, 0.2) is 0 Å². The molecule has 0 aromatic carbocycles. The first-order chi connectivity index (χ1) is 12.0. The molecule has 8 heteroatoms. The standard InChI is InChI=1S/C17H34O7S/c1-16-3-5-17(6-4-16)15-23-12-11-21-8-7-20-9-10-22-13-14-24-25(2,18)19/h16-17H,3-15H2,1-2H3. The Hall–Kier alpha value is -0.250. The highest BCUT2D eigenvalue weighted by atomic mass is 32.2. The zero-order chi connectivity index (χ0) is 18.4. The Morgan fingerprint density at radius 3 is 1.64 bits per heavy atom. The van der Waals surface area contributed by atoms with E-state index in [2.05, 4.69) is 11.1 Å².